The van der Waals surface area contributed by atoms with Crippen molar-refractivity contribution in [2.75, 3.05) is 46.6 Å². The average Bonchev–Trinajstić information content (AvgIpc) is 2.81. The molecule has 0 atom stereocenters. The molecule has 1 aliphatic rings. The Balaban J connectivity index is 1.51. The molecule has 0 radical (unpaired) electrons. The van der Waals surface area contributed by atoms with Gasteiger partial charge in [-0.2, -0.15) is 0 Å². The number of halogens is 1. The average molecular weight is 442 g/mol. The normalized spacial score (nSPS) is 14.9. The van der Waals surface area contributed by atoms with Crippen molar-refractivity contribution in [3.63, 3.8) is 0 Å². The van der Waals surface area contributed by atoms with E-state index in [1.54, 1.807) is 25.3 Å². The summed E-state index contributed by atoms with van der Waals surface area (Å²) in [6, 6.07) is 13.0. The van der Waals surface area contributed by atoms with Gasteiger partial charge in [0.25, 0.3) is 0 Å². The molecule has 6 heteroatoms. The number of nitrogens with zero attached hydrogens (tertiary/aromatic N) is 1. The van der Waals surface area contributed by atoms with E-state index >= 15 is 0 Å². The maximum atomic E-state index is 12.1. The number of ketones is 1. The lowest BCUT2D eigenvalue weighted by atomic mass is 10.1. The molecular weight excluding hydrogens is 414 g/mol. The Hall–Kier alpha value is -2.60. The first kappa shape index (κ1) is 23.1. The zero-order valence-corrected chi connectivity index (χ0v) is 18.5. The molecule has 0 spiro atoms. The van der Waals surface area contributed by atoms with Crippen LogP contribution in [-0.2, 0) is 9.53 Å². The van der Waals surface area contributed by atoms with Gasteiger partial charge in [0.1, 0.15) is 0 Å². The second-order valence-electron chi connectivity index (χ2n) is 7.16. The highest BCUT2D eigenvalue weighted by Crippen LogP contribution is 2.28. The molecule has 2 aromatic carbocycles. The fraction of sp³-hybridized carbons (Fsp3) is 0.320. The highest BCUT2D eigenvalue weighted by Gasteiger charge is 2.10. The Labute approximate surface area is 188 Å². The summed E-state index contributed by atoms with van der Waals surface area (Å²) in [6.45, 7) is 5.20. The fourth-order valence-corrected chi connectivity index (χ4v) is 3.42. The van der Waals surface area contributed by atoms with E-state index in [0.717, 1.165) is 50.4 Å². The predicted octanol–water partition coefficient (Wildman–Crippen LogP) is 4.75. The van der Waals surface area contributed by atoms with Gasteiger partial charge >= 0.3 is 0 Å². The molecule has 0 aliphatic carbocycles. The first-order chi connectivity index (χ1) is 15.2. The molecule has 0 unspecified atom stereocenters. The lowest BCUT2D eigenvalue weighted by Crippen LogP contribution is -2.37. The van der Waals surface area contributed by atoms with Crippen LogP contribution in [0.2, 0.25) is 5.02 Å². The van der Waals surface area contributed by atoms with Gasteiger partial charge < -0.3 is 14.2 Å². The zero-order valence-electron chi connectivity index (χ0n) is 17.8. The first-order valence-electron chi connectivity index (χ1n) is 10.4. The van der Waals surface area contributed by atoms with E-state index in [1.165, 1.54) is 12.2 Å². The molecule has 0 bridgehead atoms. The Morgan fingerprint density at radius 3 is 2.65 bits per heavy atom. The van der Waals surface area contributed by atoms with Crippen molar-refractivity contribution in [3.8, 4) is 11.5 Å². The first-order valence-corrected chi connectivity index (χ1v) is 10.8. The summed E-state index contributed by atoms with van der Waals surface area (Å²) >= 11 is 6.10. The third-order valence-corrected chi connectivity index (χ3v) is 5.28. The van der Waals surface area contributed by atoms with E-state index in [4.69, 9.17) is 25.8 Å². The van der Waals surface area contributed by atoms with Crippen LogP contribution in [-0.4, -0.2) is 57.2 Å². The van der Waals surface area contributed by atoms with Gasteiger partial charge in [-0.3, -0.25) is 9.69 Å². The predicted molar refractivity (Wildman–Crippen MR) is 125 cm³/mol. The molecule has 0 N–H and O–H groups in total. The van der Waals surface area contributed by atoms with Crippen LogP contribution in [0.1, 0.15) is 17.5 Å². The van der Waals surface area contributed by atoms with Gasteiger partial charge in [0.05, 0.1) is 26.9 Å². The van der Waals surface area contributed by atoms with Gasteiger partial charge in [0.2, 0.25) is 0 Å². The number of methoxy groups -OCH3 is 1. The van der Waals surface area contributed by atoms with E-state index in [9.17, 15) is 4.79 Å². The number of morpholine rings is 1. The third-order valence-electron chi connectivity index (χ3n) is 4.94. The Morgan fingerprint density at radius 1 is 1.10 bits per heavy atom. The van der Waals surface area contributed by atoms with Crippen LogP contribution in [0.4, 0.5) is 0 Å². The van der Waals surface area contributed by atoms with Gasteiger partial charge in [-0.25, -0.2) is 0 Å². The summed E-state index contributed by atoms with van der Waals surface area (Å²) in [5, 5.41) is 0.612. The monoisotopic (exact) mass is 441 g/mol. The Morgan fingerprint density at radius 2 is 1.87 bits per heavy atom. The van der Waals surface area contributed by atoms with Crippen LogP contribution in [0.5, 0.6) is 11.5 Å². The van der Waals surface area contributed by atoms with Crippen molar-refractivity contribution in [1.82, 2.24) is 4.90 Å². The van der Waals surface area contributed by atoms with E-state index in [1.807, 2.05) is 36.4 Å². The highest BCUT2D eigenvalue weighted by molar-refractivity contribution is 6.32. The van der Waals surface area contributed by atoms with Crippen molar-refractivity contribution < 1.29 is 19.0 Å². The van der Waals surface area contributed by atoms with Crippen molar-refractivity contribution in [1.29, 1.82) is 0 Å². The SMILES string of the molecule is COc1cc(/C=C/C(=O)/C=C/c2ccccc2Cl)ccc1OCCCN1CCOCC1. The van der Waals surface area contributed by atoms with Crippen LogP contribution in [0.3, 0.4) is 0 Å². The number of carbonyl (C=O) groups is 1. The summed E-state index contributed by atoms with van der Waals surface area (Å²) in [4.78, 5) is 14.5. The number of hydrogen-bond donors (Lipinski definition) is 0. The fourth-order valence-electron chi connectivity index (χ4n) is 3.22. The lowest BCUT2D eigenvalue weighted by Gasteiger charge is -2.26. The summed E-state index contributed by atoms with van der Waals surface area (Å²) < 4.78 is 16.7. The van der Waals surface area contributed by atoms with Crippen LogP contribution >= 0.6 is 11.6 Å². The highest BCUT2D eigenvalue weighted by atomic mass is 35.5. The van der Waals surface area contributed by atoms with Gasteiger partial charge in [0, 0.05) is 24.7 Å². The van der Waals surface area contributed by atoms with Crippen molar-refractivity contribution in [2.24, 2.45) is 0 Å². The molecule has 0 aromatic heterocycles. The molecule has 1 aliphatic heterocycles. The van der Waals surface area contributed by atoms with Crippen LogP contribution in [0.15, 0.2) is 54.6 Å². The van der Waals surface area contributed by atoms with Crippen LogP contribution < -0.4 is 9.47 Å². The number of rotatable bonds is 10. The van der Waals surface area contributed by atoms with E-state index in [-0.39, 0.29) is 5.78 Å². The second-order valence-corrected chi connectivity index (χ2v) is 7.56. The Kier molecular flexibility index (Phi) is 9.16. The maximum Gasteiger partial charge on any atom is 0.178 e. The molecule has 1 heterocycles. The van der Waals surface area contributed by atoms with Crippen LogP contribution in [0.25, 0.3) is 12.2 Å². The number of hydrogen-bond acceptors (Lipinski definition) is 5. The summed E-state index contributed by atoms with van der Waals surface area (Å²) in [7, 11) is 1.61. The molecule has 1 saturated heterocycles. The smallest absolute Gasteiger partial charge is 0.178 e. The molecule has 1 fully saturated rings. The third kappa shape index (κ3) is 7.55. The summed E-state index contributed by atoms with van der Waals surface area (Å²) in [5.74, 6) is 1.22. The molecule has 0 amide bonds. The molecule has 31 heavy (non-hydrogen) atoms. The van der Waals surface area contributed by atoms with Gasteiger partial charge in [-0.05, 0) is 54.0 Å². The lowest BCUT2D eigenvalue weighted by molar-refractivity contribution is -0.110. The number of allylic oxidation sites excluding steroid dienone is 2. The van der Waals surface area contributed by atoms with Crippen molar-refractivity contribution in [3.05, 3.63) is 70.8 Å². The molecule has 164 valence electrons. The minimum Gasteiger partial charge on any atom is -0.493 e. The van der Waals surface area contributed by atoms with E-state index in [0.29, 0.717) is 23.1 Å². The number of ether oxygens (including phenoxy) is 3. The number of benzene rings is 2. The largest absolute Gasteiger partial charge is 0.493 e. The quantitative estimate of drug-likeness (QED) is 0.393. The summed E-state index contributed by atoms with van der Waals surface area (Å²) in [5.41, 5.74) is 1.67. The molecule has 3 rings (SSSR count). The van der Waals surface area contributed by atoms with Crippen molar-refractivity contribution in [2.45, 2.75) is 6.42 Å². The molecule has 2 aromatic rings. The topological polar surface area (TPSA) is 48.0 Å². The van der Waals surface area contributed by atoms with E-state index in [2.05, 4.69) is 4.90 Å². The van der Waals surface area contributed by atoms with Gasteiger partial charge in [0.15, 0.2) is 17.3 Å². The van der Waals surface area contributed by atoms with Gasteiger partial charge in [-0.15, -0.1) is 0 Å². The minimum absolute atomic E-state index is 0.123. The standard InChI is InChI=1S/C25H28ClNO4/c1-29-25-19-20(7-10-22(28)11-9-21-5-2-3-6-23(21)26)8-12-24(25)31-16-4-13-27-14-17-30-18-15-27/h2-3,5-12,19H,4,13-18H2,1H3/b10-7+,11-9+. The number of carbonyl (C=O) groups excluding carboxylic acids is 1. The van der Waals surface area contributed by atoms with Crippen LogP contribution in [0, 0.1) is 0 Å². The zero-order chi connectivity index (χ0) is 21.9. The molecule has 0 saturated carbocycles. The molecular formula is C25H28ClNO4. The second kappa shape index (κ2) is 12.3. The van der Waals surface area contributed by atoms with Crippen molar-refractivity contribution >= 4 is 29.5 Å². The minimum atomic E-state index is -0.123. The Bertz CT molecular complexity index is 919. The maximum absolute atomic E-state index is 12.1. The molecule has 5 nitrogen and oxygen atoms in total. The van der Waals surface area contributed by atoms with Gasteiger partial charge in [-0.1, -0.05) is 41.9 Å². The van der Waals surface area contributed by atoms with E-state index < -0.39 is 0 Å². The summed E-state index contributed by atoms with van der Waals surface area (Å²) in [6.07, 6.45) is 7.43.